The van der Waals surface area contributed by atoms with Crippen molar-refractivity contribution in [3.63, 3.8) is 0 Å². The van der Waals surface area contributed by atoms with Crippen molar-refractivity contribution in [1.82, 2.24) is 15.5 Å². The van der Waals surface area contributed by atoms with E-state index in [4.69, 9.17) is 4.74 Å². The Morgan fingerprint density at radius 1 is 0.957 bits per heavy atom. The van der Waals surface area contributed by atoms with Crippen molar-refractivity contribution in [2.24, 2.45) is 5.92 Å². The van der Waals surface area contributed by atoms with Gasteiger partial charge in [0.25, 0.3) is 0 Å². The van der Waals surface area contributed by atoms with Crippen LogP contribution < -0.4 is 10.6 Å². The third kappa shape index (κ3) is 12.5. The zero-order valence-electron chi connectivity index (χ0n) is 27.9. The molecule has 47 heavy (non-hydrogen) atoms. The molecule has 12 heteroatoms. The van der Waals surface area contributed by atoms with Crippen LogP contribution in [0.5, 0.6) is 0 Å². The van der Waals surface area contributed by atoms with Crippen LogP contribution in [0.3, 0.4) is 0 Å². The third-order valence-electron chi connectivity index (χ3n) is 8.06. The van der Waals surface area contributed by atoms with E-state index in [1.807, 2.05) is 29.4 Å². The van der Waals surface area contributed by atoms with Gasteiger partial charge in [-0.3, -0.25) is 14.5 Å². The van der Waals surface area contributed by atoms with Gasteiger partial charge in [-0.2, -0.15) is 11.8 Å². The summed E-state index contributed by atoms with van der Waals surface area (Å²) in [4.78, 5) is 41.3. The molecule has 2 amide bonds. The SMILES string of the molecule is CCC(C)C(CN(CC(=O)NC(CCSC)C(=O)OC)Cc1cccc2ccccc12)NC(=O)CSCc1ccc(S(C)(=O)=O)cc1. The molecule has 0 aliphatic carbocycles. The van der Waals surface area contributed by atoms with Gasteiger partial charge in [0, 0.05) is 31.1 Å². The number of carbonyl (C=O) groups is 3. The van der Waals surface area contributed by atoms with Crippen LogP contribution in [0.4, 0.5) is 0 Å². The molecule has 0 saturated heterocycles. The average molecular weight is 702 g/mol. The molecule has 0 spiro atoms. The molecule has 3 rings (SSSR count). The second-order valence-corrected chi connectivity index (χ2v) is 15.7. The maximum atomic E-state index is 13.4. The third-order valence-corrected chi connectivity index (χ3v) is 10.8. The summed E-state index contributed by atoms with van der Waals surface area (Å²) in [6.07, 6.45) is 4.42. The Morgan fingerprint density at radius 2 is 1.66 bits per heavy atom. The Labute approximate surface area is 287 Å². The molecular weight excluding hydrogens is 655 g/mol. The number of sulfone groups is 1. The van der Waals surface area contributed by atoms with Crippen molar-refractivity contribution in [2.45, 2.75) is 56.0 Å². The van der Waals surface area contributed by atoms with Crippen molar-refractivity contribution in [3.05, 3.63) is 77.9 Å². The van der Waals surface area contributed by atoms with Gasteiger partial charge >= 0.3 is 5.97 Å². The molecule has 3 aromatic rings. The molecule has 0 aromatic heterocycles. The number of nitrogens with one attached hydrogen (secondary N) is 2. The Balaban J connectivity index is 1.74. The second kappa shape index (κ2) is 19.1. The molecule has 9 nitrogen and oxygen atoms in total. The normalized spacial score (nSPS) is 13.6. The number of hydrogen-bond donors (Lipinski definition) is 2. The summed E-state index contributed by atoms with van der Waals surface area (Å²) in [5, 5.41) is 8.29. The lowest BCUT2D eigenvalue weighted by atomic mass is 9.97. The molecule has 0 fully saturated rings. The van der Waals surface area contributed by atoms with Crippen LogP contribution in [0, 0.1) is 5.92 Å². The van der Waals surface area contributed by atoms with E-state index in [9.17, 15) is 22.8 Å². The van der Waals surface area contributed by atoms with E-state index in [1.54, 1.807) is 36.0 Å². The summed E-state index contributed by atoms with van der Waals surface area (Å²) < 4.78 is 28.4. The molecule has 0 aliphatic heterocycles. The molecule has 0 radical (unpaired) electrons. The van der Waals surface area contributed by atoms with Crippen LogP contribution in [-0.2, 0) is 41.3 Å². The summed E-state index contributed by atoms with van der Waals surface area (Å²) in [6.45, 7) is 5.11. The zero-order valence-corrected chi connectivity index (χ0v) is 30.3. The highest BCUT2D eigenvalue weighted by Gasteiger charge is 2.26. The van der Waals surface area contributed by atoms with E-state index in [-0.39, 0.29) is 41.0 Å². The van der Waals surface area contributed by atoms with E-state index >= 15 is 0 Å². The highest BCUT2D eigenvalue weighted by molar-refractivity contribution is 7.99. The van der Waals surface area contributed by atoms with Crippen LogP contribution in [0.1, 0.15) is 37.8 Å². The van der Waals surface area contributed by atoms with Gasteiger partial charge in [-0.15, -0.1) is 11.8 Å². The molecular formula is C35H47N3O6S3. The maximum Gasteiger partial charge on any atom is 0.328 e. The highest BCUT2D eigenvalue weighted by atomic mass is 32.2. The standard InChI is InChI=1S/C35H47N3O6S3/c1-6-25(2)32(37-34(40)24-46-23-26-14-16-29(17-15-26)47(5,42)43)21-38(20-28-12-9-11-27-10-7-8-13-30(27)28)22-33(39)36-31(18-19-45-4)35(41)44-3/h7-17,25,31-32H,6,18-24H2,1-5H3,(H,36,39)(H,37,40). The Bertz CT molecular complexity index is 1580. The molecule has 0 saturated carbocycles. The summed E-state index contributed by atoms with van der Waals surface area (Å²) in [6, 6.07) is 20.0. The number of esters is 1. The molecule has 3 aromatic carbocycles. The number of amides is 2. The fraction of sp³-hybridized carbons (Fsp3) is 0.457. The van der Waals surface area contributed by atoms with E-state index in [1.165, 1.54) is 25.1 Å². The van der Waals surface area contributed by atoms with Gasteiger partial charge in [0.05, 0.1) is 24.3 Å². The number of thioether (sulfide) groups is 2. The molecule has 0 heterocycles. The Hall–Kier alpha value is -3.06. The number of ether oxygens (including phenoxy) is 1. The van der Waals surface area contributed by atoms with Crippen LogP contribution in [0.15, 0.2) is 71.6 Å². The average Bonchev–Trinajstić information content (AvgIpc) is 3.05. The Kier molecular flexibility index (Phi) is 15.6. The topological polar surface area (TPSA) is 122 Å². The predicted octanol–water partition coefficient (Wildman–Crippen LogP) is 4.92. The lowest BCUT2D eigenvalue weighted by Crippen LogP contribution is -2.51. The van der Waals surface area contributed by atoms with Gasteiger partial charge in [0.15, 0.2) is 9.84 Å². The fourth-order valence-electron chi connectivity index (χ4n) is 5.20. The number of nitrogens with zero attached hydrogens (tertiary/aromatic N) is 1. The minimum absolute atomic E-state index is 0.0387. The minimum atomic E-state index is -3.26. The lowest BCUT2D eigenvalue weighted by molar-refractivity contribution is -0.145. The quantitative estimate of drug-likeness (QED) is 0.168. The fourth-order valence-corrected chi connectivity index (χ4v) is 7.10. The Morgan fingerprint density at radius 3 is 2.32 bits per heavy atom. The number of rotatable bonds is 19. The summed E-state index contributed by atoms with van der Waals surface area (Å²) in [5.74, 6) is 0.777. The van der Waals surface area contributed by atoms with Gasteiger partial charge in [0.1, 0.15) is 6.04 Å². The maximum absolute atomic E-state index is 13.4. The minimum Gasteiger partial charge on any atom is -0.467 e. The first-order chi connectivity index (χ1) is 22.4. The van der Waals surface area contributed by atoms with Crippen LogP contribution in [0.2, 0.25) is 0 Å². The first kappa shape index (κ1) is 38.4. The molecule has 0 bridgehead atoms. The monoisotopic (exact) mass is 701 g/mol. The van der Waals surface area contributed by atoms with Gasteiger partial charge in [-0.05, 0) is 58.4 Å². The van der Waals surface area contributed by atoms with Gasteiger partial charge < -0.3 is 15.4 Å². The van der Waals surface area contributed by atoms with E-state index < -0.39 is 21.8 Å². The number of fused-ring (bicyclic) bond motifs is 1. The van der Waals surface area contributed by atoms with Crippen molar-refractivity contribution in [1.29, 1.82) is 0 Å². The lowest BCUT2D eigenvalue weighted by Gasteiger charge is -2.31. The van der Waals surface area contributed by atoms with E-state index in [0.29, 0.717) is 31.0 Å². The number of methoxy groups -OCH3 is 1. The zero-order chi connectivity index (χ0) is 34.4. The molecule has 256 valence electrons. The van der Waals surface area contributed by atoms with E-state index in [0.717, 1.165) is 28.3 Å². The second-order valence-electron chi connectivity index (χ2n) is 11.7. The summed E-state index contributed by atoms with van der Waals surface area (Å²) in [5.41, 5.74) is 2.00. The molecule has 2 N–H and O–H groups in total. The van der Waals surface area contributed by atoms with Crippen molar-refractivity contribution < 1.29 is 27.5 Å². The van der Waals surface area contributed by atoms with Crippen LogP contribution in [-0.4, -0.2) is 87.4 Å². The van der Waals surface area contributed by atoms with E-state index in [2.05, 4.69) is 48.7 Å². The summed E-state index contributed by atoms with van der Waals surface area (Å²) >= 11 is 3.05. The predicted molar refractivity (Wildman–Crippen MR) is 193 cm³/mol. The van der Waals surface area contributed by atoms with Crippen molar-refractivity contribution in [2.75, 3.05) is 44.2 Å². The van der Waals surface area contributed by atoms with Crippen molar-refractivity contribution in [3.8, 4) is 0 Å². The van der Waals surface area contributed by atoms with Crippen LogP contribution >= 0.6 is 23.5 Å². The number of carbonyl (C=O) groups excluding carboxylic acids is 3. The smallest absolute Gasteiger partial charge is 0.328 e. The number of benzene rings is 3. The highest BCUT2D eigenvalue weighted by Crippen LogP contribution is 2.21. The largest absolute Gasteiger partial charge is 0.467 e. The van der Waals surface area contributed by atoms with Gasteiger partial charge in [0.2, 0.25) is 11.8 Å². The van der Waals surface area contributed by atoms with Gasteiger partial charge in [-0.25, -0.2) is 13.2 Å². The first-order valence-corrected chi connectivity index (χ1v) is 20.1. The number of hydrogen-bond acceptors (Lipinski definition) is 9. The molecule has 3 unspecified atom stereocenters. The molecule has 0 aliphatic rings. The first-order valence-electron chi connectivity index (χ1n) is 15.7. The van der Waals surface area contributed by atoms with Gasteiger partial charge in [-0.1, -0.05) is 74.9 Å². The molecule has 3 atom stereocenters. The summed E-state index contributed by atoms with van der Waals surface area (Å²) in [7, 11) is -1.94. The van der Waals surface area contributed by atoms with Crippen LogP contribution in [0.25, 0.3) is 10.8 Å². The van der Waals surface area contributed by atoms with Crippen molar-refractivity contribution >= 4 is 61.9 Å².